The molecule has 88 valence electrons. The van der Waals surface area contributed by atoms with Gasteiger partial charge in [-0.1, -0.05) is 24.4 Å². The van der Waals surface area contributed by atoms with E-state index in [1.54, 1.807) is 0 Å². The molecule has 0 bridgehead atoms. The van der Waals surface area contributed by atoms with Gasteiger partial charge in [0.15, 0.2) is 0 Å². The van der Waals surface area contributed by atoms with Crippen LogP contribution in [0.3, 0.4) is 0 Å². The molecule has 0 amide bonds. The molecule has 0 spiro atoms. The van der Waals surface area contributed by atoms with Crippen LogP contribution in [0.1, 0.15) is 31.4 Å². The van der Waals surface area contributed by atoms with E-state index in [-0.39, 0.29) is 0 Å². The van der Waals surface area contributed by atoms with E-state index in [2.05, 4.69) is 9.88 Å². The van der Waals surface area contributed by atoms with Gasteiger partial charge in [-0.25, -0.2) is 4.98 Å². The fraction of sp³-hybridized carbons (Fsp3) is 0.583. The number of hydrogen-bond acceptors (Lipinski definition) is 3. The van der Waals surface area contributed by atoms with E-state index in [4.69, 9.17) is 17.3 Å². The fourth-order valence-corrected chi connectivity index (χ4v) is 2.31. The number of halogens is 1. The lowest BCUT2D eigenvalue weighted by Crippen LogP contribution is -2.25. The molecule has 0 saturated carbocycles. The van der Waals surface area contributed by atoms with Crippen molar-refractivity contribution in [1.82, 2.24) is 4.98 Å². The Balaban J connectivity index is 2.22. The second-order valence-electron chi connectivity index (χ2n) is 4.21. The number of pyridine rings is 1. The summed E-state index contributed by atoms with van der Waals surface area (Å²) in [7, 11) is 0. The lowest BCUT2D eigenvalue weighted by Gasteiger charge is -2.22. The summed E-state index contributed by atoms with van der Waals surface area (Å²) in [5, 5.41) is 0.735. The summed E-state index contributed by atoms with van der Waals surface area (Å²) in [6.07, 6.45) is 5.07. The minimum Gasteiger partial charge on any atom is -0.355 e. The Labute approximate surface area is 102 Å². The summed E-state index contributed by atoms with van der Waals surface area (Å²) in [5.74, 6) is 0.909. The van der Waals surface area contributed by atoms with Crippen molar-refractivity contribution < 1.29 is 0 Å². The molecule has 2 N–H and O–H groups in total. The van der Waals surface area contributed by atoms with Crippen LogP contribution in [0.25, 0.3) is 0 Å². The molecule has 1 aromatic rings. The highest BCUT2D eigenvalue weighted by atomic mass is 35.5. The second-order valence-corrected chi connectivity index (χ2v) is 4.62. The predicted octanol–water partition coefficient (Wildman–Crippen LogP) is 2.57. The van der Waals surface area contributed by atoms with Crippen LogP contribution in [0.5, 0.6) is 0 Å². The Morgan fingerprint density at radius 1 is 1.19 bits per heavy atom. The van der Waals surface area contributed by atoms with E-state index in [0.29, 0.717) is 6.54 Å². The average molecular weight is 240 g/mol. The molecule has 1 aromatic heterocycles. The Kier molecular flexibility index (Phi) is 4.02. The molecule has 1 fully saturated rings. The smallest absolute Gasteiger partial charge is 0.147 e. The molecule has 0 aromatic carbocycles. The molecular weight excluding hydrogens is 222 g/mol. The topological polar surface area (TPSA) is 42.1 Å². The number of rotatable bonds is 2. The first-order chi connectivity index (χ1) is 7.81. The van der Waals surface area contributed by atoms with Gasteiger partial charge < -0.3 is 10.6 Å². The minimum atomic E-state index is 0.470. The Bertz CT molecular complexity index is 346. The second kappa shape index (κ2) is 5.51. The van der Waals surface area contributed by atoms with Crippen LogP contribution in [0, 0.1) is 0 Å². The zero-order valence-corrected chi connectivity index (χ0v) is 10.2. The normalized spacial score (nSPS) is 17.2. The number of nitrogens with two attached hydrogens (primary N) is 1. The van der Waals surface area contributed by atoms with E-state index in [0.717, 1.165) is 29.6 Å². The molecule has 0 atom stereocenters. The Morgan fingerprint density at radius 2 is 1.88 bits per heavy atom. The van der Waals surface area contributed by atoms with Crippen LogP contribution in [0.4, 0.5) is 5.82 Å². The van der Waals surface area contributed by atoms with Crippen LogP contribution in [0.15, 0.2) is 12.1 Å². The van der Waals surface area contributed by atoms with Crippen LogP contribution in [-0.2, 0) is 6.54 Å². The zero-order valence-electron chi connectivity index (χ0n) is 9.45. The molecule has 3 nitrogen and oxygen atoms in total. The van der Waals surface area contributed by atoms with Crippen molar-refractivity contribution in [1.29, 1.82) is 0 Å². The molecule has 1 saturated heterocycles. The molecule has 16 heavy (non-hydrogen) atoms. The molecule has 2 rings (SSSR count). The maximum Gasteiger partial charge on any atom is 0.147 e. The molecule has 0 aliphatic carbocycles. The number of nitrogens with zero attached hydrogens (tertiary/aromatic N) is 2. The monoisotopic (exact) mass is 239 g/mol. The van der Waals surface area contributed by atoms with Crippen molar-refractivity contribution in [2.75, 3.05) is 18.0 Å². The highest BCUT2D eigenvalue weighted by Gasteiger charge is 2.14. The van der Waals surface area contributed by atoms with Gasteiger partial charge in [0.05, 0.1) is 10.7 Å². The summed E-state index contributed by atoms with van der Waals surface area (Å²) in [5.41, 5.74) is 6.51. The molecule has 1 aliphatic rings. The lowest BCUT2D eigenvalue weighted by atomic mass is 10.2. The van der Waals surface area contributed by atoms with Crippen LogP contribution >= 0.6 is 11.6 Å². The van der Waals surface area contributed by atoms with Gasteiger partial charge in [-0.15, -0.1) is 0 Å². The van der Waals surface area contributed by atoms with Crippen molar-refractivity contribution in [3.05, 3.63) is 22.8 Å². The van der Waals surface area contributed by atoms with Crippen LogP contribution in [0.2, 0.25) is 5.02 Å². The van der Waals surface area contributed by atoms with Gasteiger partial charge in [0.1, 0.15) is 5.82 Å². The molecule has 1 aliphatic heterocycles. The van der Waals surface area contributed by atoms with Crippen molar-refractivity contribution in [3.8, 4) is 0 Å². The van der Waals surface area contributed by atoms with Gasteiger partial charge in [-0.2, -0.15) is 0 Å². The highest BCUT2D eigenvalue weighted by Crippen LogP contribution is 2.25. The first-order valence-electron chi connectivity index (χ1n) is 5.91. The Morgan fingerprint density at radius 3 is 2.50 bits per heavy atom. The summed E-state index contributed by atoms with van der Waals surface area (Å²) < 4.78 is 0. The van der Waals surface area contributed by atoms with Gasteiger partial charge in [0, 0.05) is 19.6 Å². The molecule has 0 radical (unpaired) electrons. The third-order valence-electron chi connectivity index (χ3n) is 3.00. The van der Waals surface area contributed by atoms with E-state index in [1.165, 1.54) is 25.7 Å². The maximum absolute atomic E-state index is 6.19. The first kappa shape index (κ1) is 11.7. The number of aromatic nitrogens is 1. The van der Waals surface area contributed by atoms with Gasteiger partial charge >= 0.3 is 0 Å². The third kappa shape index (κ3) is 2.66. The standard InChI is InChI=1S/C12H18ClN3/c13-11-6-5-10(9-14)15-12(11)16-7-3-1-2-4-8-16/h5-6H,1-4,7-9,14H2. The SMILES string of the molecule is NCc1ccc(Cl)c(N2CCCCCC2)n1. The lowest BCUT2D eigenvalue weighted by molar-refractivity contribution is 0.726. The molecule has 0 unspecified atom stereocenters. The van der Waals surface area contributed by atoms with Gasteiger partial charge in [0.25, 0.3) is 0 Å². The highest BCUT2D eigenvalue weighted by molar-refractivity contribution is 6.32. The van der Waals surface area contributed by atoms with Crippen LogP contribution < -0.4 is 10.6 Å². The zero-order chi connectivity index (χ0) is 11.4. The summed E-state index contributed by atoms with van der Waals surface area (Å²) in [6.45, 7) is 2.58. The van der Waals surface area contributed by atoms with Crippen LogP contribution in [-0.4, -0.2) is 18.1 Å². The average Bonchev–Trinajstić information content (AvgIpc) is 2.58. The van der Waals surface area contributed by atoms with E-state index in [9.17, 15) is 0 Å². The van der Waals surface area contributed by atoms with Crippen molar-refractivity contribution in [2.24, 2.45) is 5.73 Å². The van der Waals surface area contributed by atoms with E-state index < -0.39 is 0 Å². The molecular formula is C12H18ClN3. The number of hydrogen-bond donors (Lipinski definition) is 1. The van der Waals surface area contributed by atoms with Gasteiger partial charge in [-0.3, -0.25) is 0 Å². The predicted molar refractivity (Wildman–Crippen MR) is 67.8 cm³/mol. The Hall–Kier alpha value is -0.800. The van der Waals surface area contributed by atoms with Crippen molar-refractivity contribution in [2.45, 2.75) is 32.2 Å². The quantitative estimate of drug-likeness (QED) is 0.863. The number of anilines is 1. The fourth-order valence-electron chi connectivity index (χ4n) is 2.09. The summed E-state index contributed by atoms with van der Waals surface area (Å²) >= 11 is 6.19. The van der Waals surface area contributed by atoms with E-state index in [1.807, 2.05) is 12.1 Å². The first-order valence-corrected chi connectivity index (χ1v) is 6.29. The third-order valence-corrected chi connectivity index (χ3v) is 3.29. The molecule has 2 heterocycles. The largest absolute Gasteiger partial charge is 0.355 e. The van der Waals surface area contributed by atoms with E-state index >= 15 is 0 Å². The van der Waals surface area contributed by atoms with Crippen molar-refractivity contribution >= 4 is 17.4 Å². The molecule has 4 heteroatoms. The van der Waals surface area contributed by atoms with Gasteiger partial charge in [0.2, 0.25) is 0 Å². The maximum atomic E-state index is 6.19. The minimum absolute atomic E-state index is 0.470. The van der Waals surface area contributed by atoms with Crippen molar-refractivity contribution in [3.63, 3.8) is 0 Å². The summed E-state index contributed by atoms with van der Waals surface area (Å²) in [6, 6.07) is 3.79. The summed E-state index contributed by atoms with van der Waals surface area (Å²) in [4.78, 5) is 6.81. The van der Waals surface area contributed by atoms with Gasteiger partial charge in [-0.05, 0) is 25.0 Å².